The van der Waals surface area contributed by atoms with Crippen molar-refractivity contribution < 1.29 is 14.3 Å². The zero-order valence-corrected chi connectivity index (χ0v) is 9.71. The molecule has 0 fully saturated rings. The van der Waals surface area contributed by atoms with Gasteiger partial charge in [-0.3, -0.25) is 4.79 Å². The van der Waals surface area contributed by atoms with Crippen LogP contribution in [0.2, 0.25) is 0 Å². The van der Waals surface area contributed by atoms with Gasteiger partial charge in [-0.05, 0) is 6.42 Å². The molecular weight excluding hydrogens is 180 g/mol. The standard InChI is InChI=1S/C11H22O3/c1-5-6-7-10(13-4)8-14-11(12)9(2)3/h9-10H,5-8H2,1-4H3. The number of methoxy groups -OCH3 is 1. The fraction of sp³-hybridized carbons (Fsp3) is 0.909. The predicted octanol–water partition coefficient (Wildman–Crippen LogP) is 2.39. The van der Waals surface area contributed by atoms with Crippen molar-refractivity contribution in [2.45, 2.75) is 46.1 Å². The zero-order chi connectivity index (χ0) is 11.0. The highest BCUT2D eigenvalue weighted by Gasteiger charge is 2.12. The van der Waals surface area contributed by atoms with Crippen molar-refractivity contribution >= 4 is 5.97 Å². The summed E-state index contributed by atoms with van der Waals surface area (Å²) >= 11 is 0. The minimum Gasteiger partial charge on any atom is -0.463 e. The molecule has 84 valence electrons. The Morgan fingerprint density at radius 2 is 2.00 bits per heavy atom. The summed E-state index contributed by atoms with van der Waals surface area (Å²) in [4.78, 5) is 11.2. The van der Waals surface area contributed by atoms with E-state index in [1.54, 1.807) is 7.11 Å². The molecular formula is C11H22O3. The molecule has 14 heavy (non-hydrogen) atoms. The van der Waals surface area contributed by atoms with Crippen molar-refractivity contribution in [3.8, 4) is 0 Å². The van der Waals surface area contributed by atoms with Gasteiger partial charge in [0.15, 0.2) is 0 Å². The van der Waals surface area contributed by atoms with Gasteiger partial charge >= 0.3 is 5.97 Å². The molecule has 0 amide bonds. The van der Waals surface area contributed by atoms with Gasteiger partial charge in [-0.1, -0.05) is 33.6 Å². The lowest BCUT2D eigenvalue weighted by Crippen LogP contribution is -2.22. The highest BCUT2D eigenvalue weighted by molar-refractivity contribution is 5.71. The summed E-state index contributed by atoms with van der Waals surface area (Å²) in [6.45, 7) is 6.17. The Labute approximate surface area is 86.8 Å². The largest absolute Gasteiger partial charge is 0.463 e. The van der Waals surface area contributed by atoms with Crippen LogP contribution in [0.25, 0.3) is 0 Å². The first kappa shape index (κ1) is 13.4. The van der Waals surface area contributed by atoms with Gasteiger partial charge in [-0.2, -0.15) is 0 Å². The summed E-state index contributed by atoms with van der Waals surface area (Å²) in [7, 11) is 1.66. The van der Waals surface area contributed by atoms with Crippen LogP contribution >= 0.6 is 0 Å². The van der Waals surface area contributed by atoms with E-state index in [0.717, 1.165) is 19.3 Å². The van der Waals surface area contributed by atoms with E-state index in [1.165, 1.54) is 0 Å². The van der Waals surface area contributed by atoms with Gasteiger partial charge < -0.3 is 9.47 Å². The third kappa shape index (κ3) is 5.97. The van der Waals surface area contributed by atoms with E-state index in [4.69, 9.17) is 9.47 Å². The van der Waals surface area contributed by atoms with Crippen LogP contribution in [0.5, 0.6) is 0 Å². The normalized spacial score (nSPS) is 12.9. The number of esters is 1. The summed E-state index contributed by atoms with van der Waals surface area (Å²) in [5.74, 6) is -0.206. The SMILES string of the molecule is CCCCC(COC(=O)C(C)C)OC. The lowest BCUT2D eigenvalue weighted by Gasteiger charge is -2.15. The third-order valence-electron chi connectivity index (χ3n) is 2.10. The van der Waals surface area contributed by atoms with Gasteiger partial charge in [-0.15, -0.1) is 0 Å². The molecule has 0 rings (SSSR count). The minimum atomic E-state index is -0.149. The monoisotopic (exact) mass is 202 g/mol. The van der Waals surface area contributed by atoms with Crippen LogP contribution in [0.3, 0.4) is 0 Å². The number of rotatable bonds is 7. The van der Waals surface area contributed by atoms with E-state index < -0.39 is 0 Å². The Balaban J connectivity index is 3.66. The van der Waals surface area contributed by atoms with Gasteiger partial charge in [0.25, 0.3) is 0 Å². The first-order valence-electron chi connectivity index (χ1n) is 5.31. The van der Waals surface area contributed by atoms with E-state index >= 15 is 0 Å². The average Bonchev–Trinajstić information content (AvgIpc) is 2.17. The van der Waals surface area contributed by atoms with Gasteiger partial charge in [-0.25, -0.2) is 0 Å². The Hall–Kier alpha value is -0.570. The molecule has 0 heterocycles. The molecule has 0 aliphatic carbocycles. The summed E-state index contributed by atoms with van der Waals surface area (Å²) in [6, 6.07) is 0. The van der Waals surface area contributed by atoms with Crippen LogP contribution in [0.1, 0.15) is 40.0 Å². The van der Waals surface area contributed by atoms with Crippen LogP contribution in [0.4, 0.5) is 0 Å². The molecule has 0 saturated heterocycles. The fourth-order valence-electron chi connectivity index (χ4n) is 1.04. The van der Waals surface area contributed by atoms with Crippen molar-refractivity contribution in [3.63, 3.8) is 0 Å². The Morgan fingerprint density at radius 3 is 2.43 bits per heavy atom. The van der Waals surface area contributed by atoms with Crippen molar-refractivity contribution in [3.05, 3.63) is 0 Å². The second kappa shape index (κ2) is 7.80. The van der Waals surface area contributed by atoms with Crippen LogP contribution in [-0.4, -0.2) is 25.8 Å². The molecule has 0 aromatic carbocycles. The van der Waals surface area contributed by atoms with E-state index in [-0.39, 0.29) is 18.0 Å². The van der Waals surface area contributed by atoms with E-state index in [1.807, 2.05) is 13.8 Å². The van der Waals surface area contributed by atoms with E-state index in [0.29, 0.717) is 6.61 Å². The molecule has 1 unspecified atom stereocenters. The van der Waals surface area contributed by atoms with Gasteiger partial charge in [0.2, 0.25) is 0 Å². The van der Waals surface area contributed by atoms with Crippen LogP contribution in [0.15, 0.2) is 0 Å². The smallest absolute Gasteiger partial charge is 0.308 e. The number of hydrogen-bond donors (Lipinski definition) is 0. The molecule has 1 atom stereocenters. The molecule has 0 bridgehead atoms. The molecule has 0 aliphatic heterocycles. The van der Waals surface area contributed by atoms with E-state index in [9.17, 15) is 4.79 Å². The lowest BCUT2D eigenvalue weighted by molar-refractivity contribution is -0.151. The van der Waals surface area contributed by atoms with Gasteiger partial charge in [0.1, 0.15) is 6.61 Å². The quantitative estimate of drug-likeness (QED) is 0.595. The molecule has 0 N–H and O–H groups in total. The first-order chi connectivity index (χ1) is 6.61. The topological polar surface area (TPSA) is 35.5 Å². The van der Waals surface area contributed by atoms with Gasteiger partial charge in [0, 0.05) is 7.11 Å². The number of ether oxygens (including phenoxy) is 2. The molecule has 0 aromatic rings. The molecule has 3 nitrogen and oxygen atoms in total. The molecule has 0 spiro atoms. The lowest BCUT2D eigenvalue weighted by atomic mass is 10.2. The number of carbonyl (C=O) groups is 1. The highest BCUT2D eigenvalue weighted by Crippen LogP contribution is 2.06. The van der Waals surface area contributed by atoms with Crippen LogP contribution in [0, 0.1) is 5.92 Å². The number of carbonyl (C=O) groups excluding carboxylic acids is 1. The molecule has 0 aromatic heterocycles. The average molecular weight is 202 g/mol. The van der Waals surface area contributed by atoms with Crippen molar-refractivity contribution in [2.24, 2.45) is 5.92 Å². The molecule has 3 heteroatoms. The Kier molecular flexibility index (Phi) is 7.48. The summed E-state index contributed by atoms with van der Waals surface area (Å²) < 4.78 is 10.3. The maximum absolute atomic E-state index is 11.2. The zero-order valence-electron chi connectivity index (χ0n) is 9.71. The van der Waals surface area contributed by atoms with Crippen molar-refractivity contribution in [1.29, 1.82) is 0 Å². The summed E-state index contributed by atoms with van der Waals surface area (Å²) in [5, 5.41) is 0. The van der Waals surface area contributed by atoms with Crippen LogP contribution < -0.4 is 0 Å². The Morgan fingerprint density at radius 1 is 1.36 bits per heavy atom. The second-order valence-electron chi connectivity index (χ2n) is 3.78. The maximum Gasteiger partial charge on any atom is 0.308 e. The molecule has 0 saturated carbocycles. The summed E-state index contributed by atoms with van der Waals surface area (Å²) in [5.41, 5.74) is 0. The van der Waals surface area contributed by atoms with Crippen LogP contribution in [-0.2, 0) is 14.3 Å². The first-order valence-corrected chi connectivity index (χ1v) is 5.31. The number of hydrogen-bond acceptors (Lipinski definition) is 3. The fourth-order valence-corrected chi connectivity index (χ4v) is 1.04. The summed E-state index contributed by atoms with van der Waals surface area (Å²) in [6.07, 6.45) is 3.26. The molecule has 0 aliphatic rings. The third-order valence-corrected chi connectivity index (χ3v) is 2.10. The second-order valence-corrected chi connectivity index (χ2v) is 3.78. The number of unbranched alkanes of at least 4 members (excludes halogenated alkanes) is 1. The Bertz CT molecular complexity index is 155. The van der Waals surface area contributed by atoms with Crippen molar-refractivity contribution in [2.75, 3.05) is 13.7 Å². The minimum absolute atomic E-state index is 0.0534. The van der Waals surface area contributed by atoms with Crippen molar-refractivity contribution in [1.82, 2.24) is 0 Å². The van der Waals surface area contributed by atoms with E-state index in [2.05, 4.69) is 6.92 Å². The molecule has 0 radical (unpaired) electrons. The maximum atomic E-state index is 11.2. The predicted molar refractivity (Wildman–Crippen MR) is 56.1 cm³/mol. The highest BCUT2D eigenvalue weighted by atomic mass is 16.6. The van der Waals surface area contributed by atoms with Gasteiger partial charge in [0.05, 0.1) is 12.0 Å².